The first kappa shape index (κ1) is 19.5. The summed E-state index contributed by atoms with van der Waals surface area (Å²) in [6.07, 6.45) is 4.57. The second kappa shape index (κ2) is 6.88. The molecule has 1 aromatic carbocycles. The van der Waals surface area contributed by atoms with Crippen LogP contribution in [-0.2, 0) is 6.42 Å². The zero-order valence-corrected chi connectivity index (χ0v) is 17.0. The number of hydrogen-bond acceptors (Lipinski definition) is 6. The molecule has 3 heterocycles. The molecule has 4 rings (SSSR count). The molecule has 0 amide bonds. The third-order valence-corrected chi connectivity index (χ3v) is 6.10. The Kier molecular flexibility index (Phi) is 4.78. The number of aryl methyl sites for hydroxylation is 1. The van der Waals surface area contributed by atoms with Gasteiger partial charge in [-0.05, 0) is 69.9 Å². The van der Waals surface area contributed by atoms with Crippen LogP contribution in [-0.4, -0.2) is 51.8 Å². The summed E-state index contributed by atoms with van der Waals surface area (Å²) in [6.45, 7) is 9.03. The molecule has 2 atom stereocenters. The van der Waals surface area contributed by atoms with E-state index in [1.54, 1.807) is 6.26 Å². The number of nitrogens with zero attached hydrogens (tertiary/aromatic N) is 1. The monoisotopic (exact) mass is 386 g/mol. The number of benzene rings is 1. The lowest BCUT2D eigenvalue weighted by Crippen LogP contribution is -2.49. The quantitative estimate of drug-likeness (QED) is 0.685. The third-order valence-electron chi connectivity index (χ3n) is 6.10. The van der Waals surface area contributed by atoms with E-state index in [-0.39, 0.29) is 6.10 Å². The molecule has 2 aliphatic rings. The van der Waals surface area contributed by atoms with E-state index < -0.39 is 17.2 Å². The molecule has 0 spiro atoms. The number of ether oxygens (including phenoxy) is 1. The van der Waals surface area contributed by atoms with Crippen molar-refractivity contribution >= 4 is 11.0 Å². The van der Waals surface area contributed by atoms with Gasteiger partial charge in [-0.2, -0.15) is 5.06 Å². The molecular formula is C22H30N2O4. The second-order valence-corrected chi connectivity index (χ2v) is 9.01. The molecular weight excluding hydrogens is 356 g/mol. The number of hydroxylamine groups is 2. The highest BCUT2D eigenvalue weighted by Gasteiger charge is 2.44. The minimum Gasteiger partial charge on any atom is -0.487 e. The van der Waals surface area contributed by atoms with Gasteiger partial charge >= 0.3 is 0 Å². The number of furan rings is 1. The van der Waals surface area contributed by atoms with Crippen LogP contribution in [0.1, 0.15) is 39.7 Å². The van der Waals surface area contributed by atoms with Crippen LogP contribution in [0.15, 0.2) is 40.5 Å². The first-order valence-electron chi connectivity index (χ1n) is 9.95. The van der Waals surface area contributed by atoms with Crippen molar-refractivity contribution in [1.82, 2.24) is 10.4 Å². The Morgan fingerprint density at radius 1 is 1.29 bits per heavy atom. The lowest BCUT2D eigenvalue weighted by atomic mass is 9.96. The lowest BCUT2D eigenvalue weighted by molar-refractivity contribution is -0.185. The summed E-state index contributed by atoms with van der Waals surface area (Å²) >= 11 is 0. The molecule has 0 aliphatic carbocycles. The van der Waals surface area contributed by atoms with Crippen molar-refractivity contribution in [1.29, 1.82) is 0 Å². The van der Waals surface area contributed by atoms with Crippen LogP contribution in [0.4, 0.5) is 0 Å². The van der Waals surface area contributed by atoms with Crippen LogP contribution in [0.3, 0.4) is 0 Å². The SMILES string of the molecule is CC1(C)C=C(CNCC(O)C2CCc3cc4occc4cc3O2)C(C)(C)N1O. The van der Waals surface area contributed by atoms with Crippen LogP contribution >= 0.6 is 0 Å². The van der Waals surface area contributed by atoms with E-state index in [2.05, 4.69) is 11.4 Å². The van der Waals surface area contributed by atoms with Gasteiger partial charge in [0.2, 0.25) is 0 Å². The minimum atomic E-state index is -0.600. The first-order valence-corrected chi connectivity index (χ1v) is 9.95. The summed E-state index contributed by atoms with van der Waals surface area (Å²) in [6, 6.07) is 5.94. The first-order chi connectivity index (χ1) is 13.2. The average molecular weight is 386 g/mol. The smallest absolute Gasteiger partial charge is 0.134 e. The predicted molar refractivity (Wildman–Crippen MR) is 108 cm³/mol. The Morgan fingerprint density at radius 3 is 2.79 bits per heavy atom. The molecule has 0 radical (unpaired) electrons. The van der Waals surface area contributed by atoms with E-state index in [4.69, 9.17) is 9.15 Å². The van der Waals surface area contributed by atoms with Crippen LogP contribution < -0.4 is 10.1 Å². The molecule has 152 valence electrons. The maximum absolute atomic E-state index is 10.6. The summed E-state index contributed by atoms with van der Waals surface area (Å²) in [5.74, 6) is 0.835. The molecule has 28 heavy (non-hydrogen) atoms. The van der Waals surface area contributed by atoms with Crippen LogP contribution in [0, 0.1) is 0 Å². The second-order valence-electron chi connectivity index (χ2n) is 9.01. The van der Waals surface area contributed by atoms with Gasteiger partial charge in [-0.3, -0.25) is 0 Å². The number of hydrogen-bond donors (Lipinski definition) is 3. The molecule has 6 nitrogen and oxygen atoms in total. The Labute approximate surface area is 165 Å². The molecule has 2 aromatic rings. The minimum absolute atomic E-state index is 0.235. The van der Waals surface area contributed by atoms with Gasteiger partial charge in [0.1, 0.15) is 23.5 Å². The summed E-state index contributed by atoms with van der Waals surface area (Å²) in [7, 11) is 0. The largest absolute Gasteiger partial charge is 0.487 e. The predicted octanol–water partition coefficient (Wildman–Crippen LogP) is 3.27. The maximum atomic E-state index is 10.6. The van der Waals surface area contributed by atoms with Crippen LogP contribution in [0.5, 0.6) is 5.75 Å². The zero-order valence-electron chi connectivity index (χ0n) is 17.0. The molecule has 0 saturated heterocycles. The standard InChI is InChI=1S/C22H30N2O4/c1-21(2)11-16(22(3,4)24(21)26)12-23-13-17(25)18-6-5-14-9-19-15(7-8-27-19)10-20(14)28-18/h7-11,17-18,23,25-26H,5-6,12-13H2,1-4H3. The zero-order chi connectivity index (χ0) is 20.1. The highest BCUT2D eigenvalue weighted by atomic mass is 16.5. The fourth-order valence-corrected chi connectivity index (χ4v) is 4.40. The summed E-state index contributed by atoms with van der Waals surface area (Å²) in [5.41, 5.74) is 2.29. The highest BCUT2D eigenvalue weighted by Crippen LogP contribution is 2.38. The number of aliphatic hydroxyl groups excluding tert-OH is 1. The Bertz CT molecular complexity index is 899. The fraction of sp³-hybridized carbons (Fsp3) is 0.545. The molecule has 0 bridgehead atoms. The van der Waals surface area contributed by atoms with Crippen molar-refractivity contribution in [3.8, 4) is 5.75 Å². The number of fused-ring (bicyclic) bond motifs is 2. The van der Waals surface area contributed by atoms with Gasteiger partial charge in [0.15, 0.2) is 0 Å². The average Bonchev–Trinajstić information content (AvgIpc) is 3.16. The summed E-state index contributed by atoms with van der Waals surface area (Å²) in [5, 5.41) is 26.8. The molecule has 2 aliphatic heterocycles. The van der Waals surface area contributed by atoms with Crippen molar-refractivity contribution in [3.63, 3.8) is 0 Å². The van der Waals surface area contributed by atoms with Crippen LogP contribution in [0.25, 0.3) is 11.0 Å². The molecule has 2 unspecified atom stereocenters. The van der Waals surface area contributed by atoms with Crippen molar-refractivity contribution in [2.24, 2.45) is 0 Å². The molecule has 6 heteroatoms. The van der Waals surface area contributed by atoms with E-state index >= 15 is 0 Å². The Hall–Kier alpha value is -1.86. The lowest BCUT2D eigenvalue weighted by Gasteiger charge is -2.36. The topological polar surface area (TPSA) is 78.1 Å². The summed E-state index contributed by atoms with van der Waals surface area (Å²) in [4.78, 5) is 0. The maximum Gasteiger partial charge on any atom is 0.134 e. The van der Waals surface area contributed by atoms with E-state index in [0.717, 1.165) is 40.7 Å². The normalized spacial score (nSPS) is 24.6. The van der Waals surface area contributed by atoms with E-state index in [9.17, 15) is 10.3 Å². The van der Waals surface area contributed by atoms with Gasteiger partial charge in [0, 0.05) is 18.5 Å². The summed E-state index contributed by atoms with van der Waals surface area (Å²) < 4.78 is 11.5. The highest BCUT2D eigenvalue weighted by molar-refractivity contribution is 5.80. The molecule has 3 N–H and O–H groups in total. The van der Waals surface area contributed by atoms with Crippen molar-refractivity contribution in [3.05, 3.63) is 41.7 Å². The van der Waals surface area contributed by atoms with E-state index in [1.807, 2.05) is 45.9 Å². The van der Waals surface area contributed by atoms with Crippen molar-refractivity contribution in [2.45, 2.75) is 63.8 Å². The van der Waals surface area contributed by atoms with E-state index in [0.29, 0.717) is 13.1 Å². The van der Waals surface area contributed by atoms with Gasteiger partial charge in [0.05, 0.1) is 17.3 Å². The van der Waals surface area contributed by atoms with Crippen molar-refractivity contribution in [2.75, 3.05) is 13.1 Å². The molecule has 1 aromatic heterocycles. The van der Waals surface area contributed by atoms with E-state index in [1.165, 1.54) is 5.06 Å². The van der Waals surface area contributed by atoms with Crippen molar-refractivity contribution < 1.29 is 19.5 Å². The van der Waals surface area contributed by atoms with Gasteiger partial charge in [-0.25, -0.2) is 0 Å². The fourth-order valence-electron chi connectivity index (χ4n) is 4.40. The Morgan fingerprint density at radius 2 is 2.07 bits per heavy atom. The van der Waals surface area contributed by atoms with Crippen LogP contribution in [0.2, 0.25) is 0 Å². The Balaban J connectivity index is 1.35. The molecule has 0 saturated carbocycles. The third kappa shape index (κ3) is 3.35. The van der Waals surface area contributed by atoms with Gasteiger partial charge in [0.25, 0.3) is 0 Å². The van der Waals surface area contributed by atoms with Gasteiger partial charge < -0.3 is 24.8 Å². The van der Waals surface area contributed by atoms with Gasteiger partial charge in [-0.1, -0.05) is 6.08 Å². The number of aliphatic hydroxyl groups is 1. The number of nitrogens with one attached hydrogen (secondary N) is 1. The number of rotatable bonds is 5. The van der Waals surface area contributed by atoms with Gasteiger partial charge in [-0.15, -0.1) is 0 Å². The molecule has 0 fully saturated rings.